The van der Waals surface area contributed by atoms with Gasteiger partial charge in [0.2, 0.25) is 11.8 Å². The number of alkyl halides is 3. The molecule has 4 aromatic rings. The monoisotopic (exact) mass is 603 g/mol. The minimum absolute atomic E-state index is 0.0742. The summed E-state index contributed by atoms with van der Waals surface area (Å²) in [6.45, 7) is 0.565. The minimum Gasteiger partial charge on any atom is -0.481 e. The number of aromatic nitrogens is 4. The number of carbonyl (C=O) groups is 1. The number of anilines is 1. The molecular formula is C32H28F3N5O4. The number of carboxylic acids is 1. The number of rotatable bonds is 9. The van der Waals surface area contributed by atoms with Crippen molar-refractivity contribution in [3.05, 3.63) is 102 Å². The Labute approximate surface area is 250 Å². The minimum atomic E-state index is -4.61. The van der Waals surface area contributed by atoms with Gasteiger partial charge < -0.3 is 19.3 Å². The first-order valence-electron chi connectivity index (χ1n) is 14.1. The van der Waals surface area contributed by atoms with E-state index >= 15 is 0 Å². The number of aliphatic carboxylic acids is 1. The second-order valence-electron chi connectivity index (χ2n) is 10.7. The first-order valence-corrected chi connectivity index (χ1v) is 14.1. The highest BCUT2D eigenvalue weighted by atomic mass is 19.4. The Morgan fingerprint density at radius 3 is 2.50 bits per heavy atom. The maximum absolute atomic E-state index is 13.2. The third-order valence-corrected chi connectivity index (χ3v) is 7.72. The number of carboxylic acid groups (broad SMARTS) is 1. The largest absolute Gasteiger partial charge is 0.481 e. The van der Waals surface area contributed by atoms with Gasteiger partial charge in [-0.05, 0) is 35.1 Å². The summed E-state index contributed by atoms with van der Waals surface area (Å²) >= 11 is 0. The van der Waals surface area contributed by atoms with Crippen LogP contribution in [0, 0.1) is 11.8 Å². The number of benzene rings is 2. The van der Waals surface area contributed by atoms with Gasteiger partial charge in [-0.25, -0.2) is 9.97 Å². The molecule has 1 saturated heterocycles. The van der Waals surface area contributed by atoms with Crippen LogP contribution < -0.4 is 4.90 Å². The van der Waals surface area contributed by atoms with Crippen molar-refractivity contribution in [2.45, 2.75) is 31.7 Å². The summed E-state index contributed by atoms with van der Waals surface area (Å²) in [4.78, 5) is 25.4. The van der Waals surface area contributed by atoms with Crippen LogP contribution in [-0.4, -0.2) is 50.4 Å². The van der Waals surface area contributed by atoms with Gasteiger partial charge in [0, 0.05) is 30.8 Å². The number of halogens is 3. The molecule has 2 aromatic carbocycles. The molecular weight excluding hydrogens is 575 g/mol. The average Bonchev–Trinajstić information content (AvgIpc) is 3.68. The van der Waals surface area contributed by atoms with E-state index in [0.29, 0.717) is 18.1 Å². The van der Waals surface area contributed by atoms with Gasteiger partial charge in [-0.15, -0.1) is 0 Å². The fraction of sp³-hybridized carbons (Fsp3) is 0.281. The molecule has 2 aliphatic rings. The number of hydrogen-bond acceptors (Lipinski definition) is 8. The Balaban J connectivity index is 1.12. The Bertz CT molecular complexity index is 1670. The van der Waals surface area contributed by atoms with Gasteiger partial charge in [0.05, 0.1) is 12.5 Å². The smallest absolute Gasteiger partial charge is 0.433 e. The lowest BCUT2D eigenvalue weighted by atomic mass is 9.84. The molecule has 6 rings (SSSR count). The maximum atomic E-state index is 13.2. The molecule has 0 radical (unpaired) electrons. The molecule has 226 valence electrons. The highest BCUT2D eigenvalue weighted by Gasteiger charge is 2.39. The fourth-order valence-corrected chi connectivity index (χ4v) is 5.59. The lowest BCUT2D eigenvalue weighted by Gasteiger charge is -2.23. The first-order chi connectivity index (χ1) is 21.2. The van der Waals surface area contributed by atoms with Crippen LogP contribution in [0.25, 0.3) is 22.5 Å². The standard InChI is InChI=1S/C32H28F3N5O4/c33-32(34,35)27-13-14-36-31(37-27)40-17-24(16-29(41)42)26(18-40)23-7-4-8-25(15-23)43-19-28-38-30(39-44-28)22-11-9-21(10-12-22)20-5-2-1-3-6-20/h1-7,9-15,24-26H,8,16-19H2,(H,41,42)/t24-,25?,26-/m0/s1. The van der Waals surface area contributed by atoms with E-state index in [0.717, 1.165) is 34.5 Å². The maximum Gasteiger partial charge on any atom is 0.433 e. The molecule has 12 heteroatoms. The van der Waals surface area contributed by atoms with E-state index in [4.69, 9.17) is 9.26 Å². The molecule has 1 fully saturated rings. The van der Waals surface area contributed by atoms with Gasteiger partial charge in [0.25, 0.3) is 5.89 Å². The van der Waals surface area contributed by atoms with Crippen molar-refractivity contribution in [3.63, 3.8) is 0 Å². The van der Waals surface area contributed by atoms with Crippen LogP contribution in [0.2, 0.25) is 0 Å². The molecule has 1 N–H and O–H groups in total. The number of allylic oxidation sites excluding steroid dienone is 1. The second kappa shape index (κ2) is 12.4. The third-order valence-electron chi connectivity index (χ3n) is 7.72. The zero-order valence-electron chi connectivity index (χ0n) is 23.4. The van der Waals surface area contributed by atoms with Gasteiger partial charge in [0.15, 0.2) is 0 Å². The molecule has 0 spiro atoms. The second-order valence-corrected chi connectivity index (χ2v) is 10.7. The molecule has 44 heavy (non-hydrogen) atoms. The summed E-state index contributed by atoms with van der Waals surface area (Å²) in [5.41, 5.74) is 2.81. The zero-order valence-corrected chi connectivity index (χ0v) is 23.4. The number of nitrogens with zero attached hydrogens (tertiary/aromatic N) is 5. The summed E-state index contributed by atoms with van der Waals surface area (Å²) in [7, 11) is 0. The van der Waals surface area contributed by atoms with E-state index in [1.54, 1.807) is 4.90 Å². The SMILES string of the molecule is O=C(O)C[C@H]1CN(c2nccc(C(F)(F)F)n2)C[C@H]1C1=CC(OCc2nc(-c3ccc(-c4ccccc4)cc3)no2)CC=C1. The van der Waals surface area contributed by atoms with Gasteiger partial charge in [-0.3, -0.25) is 4.79 Å². The van der Waals surface area contributed by atoms with Crippen LogP contribution in [0.1, 0.15) is 24.4 Å². The molecule has 9 nitrogen and oxygen atoms in total. The predicted molar refractivity (Wildman–Crippen MR) is 154 cm³/mol. The molecule has 3 atom stereocenters. The highest BCUT2D eigenvalue weighted by Crippen LogP contribution is 2.37. The Morgan fingerprint density at radius 2 is 1.75 bits per heavy atom. The molecule has 0 saturated carbocycles. The fourth-order valence-electron chi connectivity index (χ4n) is 5.59. The Hall–Kier alpha value is -4.84. The summed E-state index contributed by atoms with van der Waals surface area (Å²) in [6.07, 6.45) is 2.35. The van der Waals surface area contributed by atoms with Crippen molar-refractivity contribution in [3.8, 4) is 22.5 Å². The lowest BCUT2D eigenvalue weighted by Crippen LogP contribution is -2.24. The van der Waals surface area contributed by atoms with E-state index in [-0.39, 0.29) is 50.0 Å². The predicted octanol–water partition coefficient (Wildman–Crippen LogP) is 6.21. The number of ether oxygens (including phenoxy) is 1. The molecule has 1 aliphatic carbocycles. The summed E-state index contributed by atoms with van der Waals surface area (Å²) in [6, 6.07) is 18.7. The van der Waals surface area contributed by atoms with Crippen molar-refractivity contribution in [1.82, 2.24) is 20.1 Å². The Morgan fingerprint density at radius 1 is 1.00 bits per heavy atom. The topological polar surface area (TPSA) is 114 Å². The van der Waals surface area contributed by atoms with Gasteiger partial charge >= 0.3 is 12.1 Å². The van der Waals surface area contributed by atoms with Crippen molar-refractivity contribution >= 4 is 11.9 Å². The molecule has 1 aliphatic heterocycles. The Kier molecular flexibility index (Phi) is 8.25. The van der Waals surface area contributed by atoms with E-state index in [9.17, 15) is 23.1 Å². The van der Waals surface area contributed by atoms with Crippen LogP contribution >= 0.6 is 0 Å². The van der Waals surface area contributed by atoms with Crippen molar-refractivity contribution in [1.29, 1.82) is 0 Å². The van der Waals surface area contributed by atoms with Crippen molar-refractivity contribution in [2.75, 3.05) is 18.0 Å². The first kappa shape index (κ1) is 29.2. The summed E-state index contributed by atoms with van der Waals surface area (Å²) < 4.78 is 51.2. The van der Waals surface area contributed by atoms with Gasteiger partial charge in [-0.1, -0.05) is 78.0 Å². The van der Waals surface area contributed by atoms with E-state index in [1.165, 1.54) is 0 Å². The van der Waals surface area contributed by atoms with Crippen LogP contribution in [0.4, 0.5) is 19.1 Å². The van der Waals surface area contributed by atoms with E-state index in [2.05, 4.69) is 20.1 Å². The molecule has 0 amide bonds. The molecule has 1 unspecified atom stereocenters. The third kappa shape index (κ3) is 6.70. The van der Waals surface area contributed by atoms with E-state index in [1.807, 2.05) is 72.8 Å². The lowest BCUT2D eigenvalue weighted by molar-refractivity contribution is -0.141. The average molecular weight is 604 g/mol. The molecule has 0 bridgehead atoms. The van der Waals surface area contributed by atoms with Crippen LogP contribution in [0.3, 0.4) is 0 Å². The van der Waals surface area contributed by atoms with E-state index < -0.39 is 17.8 Å². The summed E-state index contributed by atoms with van der Waals surface area (Å²) in [5, 5.41) is 13.6. The van der Waals surface area contributed by atoms with Crippen LogP contribution in [-0.2, 0) is 22.3 Å². The highest BCUT2D eigenvalue weighted by molar-refractivity contribution is 5.68. The summed E-state index contributed by atoms with van der Waals surface area (Å²) in [5.74, 6) is -0.918. The quantitative estimate of drug-likeness (QED) is 0.238. The van der Waals surface area contributed by atoms with Gasteiger partial charge in [0.1, 0.15) is 12.3 Å². The number of hydrogen-bond donors (Lipinski definition) is 1. The molecule has 3 heterocycles. The normalized spacial score (nSPS) is 20.1. The van der Waals surface area contributed by atoms with Gasteiger partial charge in [-0.2, -0.15) is 18.2 Å². The van der Waals surface area contributed by atoms with Crippen molar-refractivity contribution < 1.29 is 32.3 Å². The molecule has 2 aromatic heterocycles. The van der Waals surface area contributed by atoms with Crippen LogP contribution in [0.15, 0.2) is 95.2 Å². The van der Waals surface area contributed by atoms with Crippen LogP contribution in [0.5, 0.6) is 0 Å². The van der Waals surface area contributed by atoms with Crippen molar-refractivity contribution in [2.24, 2.45) is 11.8 Å². The zero-order chi connectivity index (χ0) is 30.7.